The third-order valence-electron chi connectivity index (χ3n) is 3.83. The van der Waals surface area contributed by atoms with Crippen LogP contribution < -0.4 is 15.8 Å². The summed E-state index contributed by atoms with van der Waals surface area (Å²) in [4.78, 5) is 12.3. The number of amides is 1. The highest BCUT2D eigenvalue weighted by atomic mass is 32.2. The minimum atomic E-state index is -3.63. The Morgan fingerprint density at radius 1 is 1.45 bits per heavy atom. The van der Waals surface area contributed by atoms with Crippen LogP contribution in [-0.4, -0.2) is 32.7 Å². The predicted molar refractivity (Wildman–Crippen MR) is 82.5 cm³/mol. The quantitative estimate of drug-likeness (QED) is 0.726. The average molecular weight is 329 g/mol. The van der Waals surface area contributed by atoms with E-state index in [1.807, 2.05) is 11.6 Å². The molecule has 0 bridgehead atoms. The Balaban J connectivity index is 2.21. The lowest BCUT2D eigenvalue weighted by Gasteiger charge is -2.29. The number of anilines is 1. The summed E-state index contributed by atoms with van der Waals surface area (Å²) in [5.41, 5.74) is 5.16. The number of halogens is 1. The fourth-order valence-electron chi connectivity index (χ4n) is 2.32. The predicted octanol–water partition coefficient (Wildman–Crippen LogP) is 1.05. The Morgan fingerprint density at radius 2 is 2.09 bits per heavy atom. The monoisotopic (exact) mass is 329 g/mol. The van der Waals surface area contributed by atoms with Gasteiger partial charge in [0.25, 0.3) is 5.91 Å². The lowest BCUT2D eigenvalue weighted by molar-refractivity contribution is 0.0898. The van der Waals surface area contributed by atoms with Gasteiger partial charge in [0.05, 0.1) is 17.5 Å². The van der Waals surface area contributed by atoms with Crippen LogP contribution in [0.25, 0.3) is 0 Å². The molecule has 6 nitrogen and oxygen atoms in total. The number of rotatable bonds is 6. The summed E-state index contributed by atoms with van der Waals surface area (Å²) in [5.74, 6) is -0.808. The van der Waals surface area contributed by atoms with Gasteiger partial charge in [-0.1, -0.05) is 0 Å². The molecule has 1 aromatic rings. The van der Waals surface area contributed by atoms with Crippen LogP contribution in [0, 0.1) is 11.7 Å². The molecule has 0 saturated heterocycles. The van der Waals surface area contributed by atoms with Gasteiger partial charge < -0.3 is 11.1 Å². The minimum Gasteiger partial charge on any atom is -0.345 e. The van der Waals surface area contributed by atoms with Crippen LogP contribution in [0.2, 0.25) is 0 Å². The number of benzene rings is 1. The molecule has 2 rings (SSSR count). The third-order valence-corrected chi connectivity index (χ3v) is 4.42. The standard InChI is InChI=1S/C14H20FN3O3S/c1-14(8-16,10-4-5-10)17-13(19)9-3-6-11(15)12(7-9)18-22(2,20)21/h3,6-7,10,18H,4-5,8,16H2,1-2H3,(H,17,19). The van der Waals surface area contributed by atoms with E-state index in [2.05, 4.69) is 5.32 Å². The molecule has 4 N–H and O–H groups in total. The smallest absolute Gasteiger partial charge is 0.251 e. The molecule has 0 heterocycles. The fourth-order valence-corrected chi connectivity index (χ4v) is 2.87. The zero-order valence-corrected chi connectivity index (χ0v) is 13.3. The van der Waals surface area contributed by atoms with Crippen LogP contribution >= 0.6 is 0 Å². The molecule has 1 atom stereocenters. The van der Waals surface area contributed by atoms with Gasteiger partial charge in [-0.05, 0) is 43.9 Å². The fraction of sp³-hybridized carbons (Fsp3) is 0.500. The maximum Gasteiger partial charge on any atom is 0.251 e. The van der Waals surface area contributed by atoms with E-state index in [0.717, 1.165) is 25.2 Å². The van der Waals surface area contributed by atoms with E-state index in [4.69, 9.17) is 5.73 Å². The molecular weight excluding hydrogens is 309 g/mol. The summed E-state index contributed by atoms with van der Waals surface area (Å²) in [7, 11) is -3.63. The molecular formula is C14H20FN3O3S. The van der Waals surface area contributed by atoms with Gasteiger partial charge in [-0.25, -0.2) is 12.8 Å². The SMILES string of the molecule is CC(CN)(NC(=O)c1ccc(F)c(NS(C)(=O)=O)c1)C1CC1. The molecule has 1 saturated carbocycles. The van der Waals surface area contributed by atoms with Crippen LogP contribution in [-0.2, 0) is 10.0 Å². The topological polar surface area (TPSA) is 101 Å². The number of nitrogens with two attached hydrogens (primary N) is 1. The van der Waals surface area contributed by atoms with Crippen molar-refractivity contribution < 1.29 is 17.6 Å². The van der Waals surface area contributed by atoms with Crippen molar-refractivity contribution in [3.63, 3.8) is 0 Å². The van der Waals surface area contributed by atoms with Crippen LogP contribution in [0.3, 0.4) is 0 Å². The zero-order chi connectivity index (χ0) is 16.5. The zero-order valence-electron chi connectivity index (χ0n) is 12.5. The van der Waals surface area contributed by atoms with Gasteiger partial charge in [0.2, 0.25) is 10.0 Å². The Kier molecular flexibility index (Phi) is 4.44. The van der Waals surface area contributed by atoms with Crippen molar-refractivity contribution >= 4 is 21.6 Å². The Labute approximate surface area is 129 Å². The average Bonchev–Trinajstić information content (AvgIpc) is 3.24. The summed E-state index contributed by atoms with van der Waals surface area (Å²) >= 11 is 0. The molecule has 0 spiro atoms. The van der Waals surface area contributed by atoms with Crippen LogP contribution in [0.15, 0.2) is 18.2 Å². The molecule has 8 heteroatoms. The number of hydrogen-bond acceptors (Lipinski definition) is 4. The van der Waals surface area contributed by atoms with E-state index in [-0.39, 0.29) is 11.3 Å². The van der Waals surface area contributed by atoms with E-state index in [1.165, 1.54) is 12.1 Å². The van der Waals surface area contributed by atoms with Gasteiger partial charge in [-0.3, -0.25) is 9.52 Å². The first kappa shape index (κ1) is 16.7. The highest BCUT2D eigenvalue weighted by Crippen LogP contribution is 2.39. The second-order valence-corrected chi connectivity index (χ2v) is 7.67. The van der Waals surface area contributed by atoms with Crippen molar-refractivity contribution in [2.45, 2.75) is 25.3 Å². The second-order valence-electron chi connectivity index (χ2n) is 5.92. The maximum absolute atomic E-state index is 13.6. The lowest BCUT2D eigenvalue weighted by atomic mass is 9.95. The highest BCUT2D eigenvalue weighted by Gasteiger charge is 2.41. The molecule has 22 heavy (non-hydrogen) atoms. The maximum atomic E-state index is 13.6. The first-order valence-corrected chi connectivity index (χ1v) is 8.84. The third kappa shape index (κ3) is 3.95. The minimum absolute atomic E-state index is 0.174. The molecule has 0 radical (unpaired) electrons. The Morgan fingerprint density at radius 3 is 2.59 bits per heavy atom. The molecule has 1 aliphatic carbocycles. The van der Waals surface area contributed by atoms with E-state index in [9.17, 15) is 17.6 Å². The number of carbonyl (C=O) groups is 1. The van der Waals surface area contributed by atoms with E-state index in [0.29, 0.717) is 12.5 Å². The lowest BCUT2D eigenvalue weighted by Crippen LogP contribution is -2.53. The van der Waals surface area contributed by atoms with Crippen molar-refractivity contribution in [1.82, 2.24) is 5.32 Å². The van der Waals surface area contributed by atoms with Crippen LogP contribution in [0.4, 0.5) is 10.1 Å². The Hall–Kier alpha value is -1.67. The molecule has 0 aromatic heterocycles. The largest absolute Gasteiger partial charge is 0.345 e. The molecule has 1 aliphatic rings. The molecule has 122 valence electrons. The van der Waals surface area contributed by atoms with Gasteiger partial charge in [-0.15, -0.1) is 0 Å². The first-order valence-electron chi connectivity index (χ1n) is 6.94. The molecule has 1 fully saturated rings. The van der Waals surface area contributed by atoms with Gasteiger partial charge in [0.15, 0.2) is 0 Å². The highest BCUT2D eigenvalue weighted by molar-refractivity contribution is 7.92. The Bertz CT molecular complexity index is 689. The summed E-state index contributed by atoms with van der Waals surface area (Å²) in [5, 5.41) is 2.87. The van der Waals surface area contributed by atoms with Gasteiger partial charge in [0, 0.05) is 12.1 Å². The van der Waals surface area contributed by atoms with Gasteiger partial charge in [0.1, 0.15) is 5.82 Å². The van der Waals surface area contributed by atoms with Crippen LogP contribution in [0.5, 0.6) is 0 Å². The van der Waals surface area contributed by atoms with E-state index in [1.54, 1.807) is 0 Å². The summed E-state index contributed by atoms with van der Waals surface area (Å²) < 4.78 is 38.1. The van der Waals surface area contributed by atoms with Gasteiger partial charge in [-0.2, -0.15) is 0 Å². The van der Waals surface area contributed by atoms with Crippen molar-refractivity contribution in [2.75, 3.05) is 17.5 Å². The van der Waals surface area contributed by atoms with Crippen molar-refractivity contribution in [2.24, 2.45) is 11.7 Å². The number of carbonyl (C=O) groups excluding carboxylic acids is 1. The molecule has 0 aliphatic heterocycles. The van der Waals surface area contributed by atoms with Crippen molar-refractivity contribution in [3.05, 3.63) is 29.6 Å². The summed E-state index contributed by atoms with van der Waals surface area (Å²) in [6.45, 7) is 2.18. The van der Waals surface area contributed by atoms with Crippen molar-refractivity contribution in [3.8, 4) is 0 Å². The van der Waals surface area contributed by atoms with Crippen molar-refractivity contribution in [1.29, 1.82) is 0 Å². The number of sulfonamides is 1. The normalized spacial score (nSPS) is 17.6. The second kappa shape index (κ2) is 5.85. The summed E-state index contributed by atoms with van der Waals surface area (Å²) in [6.07, 6.45) is 2.94. The first-order chi connectivity index (χ1) is 10.1. The number of nitrogens with one attached hydrogen (secondary N) is 2. The summed E-state index contributed by atoms with van der Waals surface area (Å²) in [6, 6.07) is 3.54. The van der Waals surface area contributed by atoms with E-state index < -0.39 is 27.3 Å². The number of hydrogen-bond donors (Lipinski definition) is 3. The molecule has 1 aromatic carbocycles. The molecule has 1 unspecified atom stereocenters. The van der Waals surface area contributed by atoms with Gasteiger partial charge >= 0.3 is 0 Å². The van der Waals surface area contributed by atoms with E-state index >= 15 is 0 Å². The molecule has 1 amide bonds. The van der Waals surface area contributed by atoms with Crippen LogP contribution in [0.1, 0.15) is 30.1 Å².